The van der Waals surface area contributed by atoms with Crippen LogP contribution in [0.15, 0.2) is 54.6 Å². The minimum absolute atomic E-state index is 0.0757. The SMILES string of the molecule is Cc1ccccc1NC(=O)c1cc2c(c3ccccc3n2C)n1C(C)C. The highest BCUT2D eigenvalue weighted by Crippen LogP contribution is 2.33. The first-order valence-corrected chi connectivity index (χ1v) is 8.94. The fraction of sp³-hybridized carbons (Fsp3) is 0.227. The number of para-hydroxylation sites is 2. The Morgan fingerprint density at radius 1 is 1.00 bits per heavy atom. The van der Waals surface area contributed by atoms with Crippen LogP contribution in [-0.2, 0) is 7.05 Å². The van der Waals surface area contributed by atoms with E-state index < -0.39 is 0 Å². The van der Waals surface area contributed by atoms with Crippen LogP contribution in [0.1, 0.15) is 35.9 Å². The van der Waals surface area contributed by atoms with E-state index in [1.54, 1.807) is 0 Å². The number of aryl methyl sites for hydroxylation is 2. The van der Waals surface area contributed by atoms with E-state index in [0.717, 1.165) is 22.3 Å². The van der Waals surface area contributed by atoms with Crippen LogP contribution in [0.2, 0.25) is 0 Å². The lowest BCUT2D eigenvalue weighted by molar-refractivity contribution is 0.101. The molecule has 0 saturated heterocycles. The number of carbonyl (C=O) groups excluding carboxylic acids is 1. The highest BCUT2D eigenvalue weighted by molar-refractivity contribution is 6.12. The van der Waals surface area contributed by atoms with Crippen molar-refractivity contribution in [3.63, 3.8) is 0 Å². The number of nitrogens with one attached hydrogen (secondary N) is 1. The van der Waals surface area contributed by atoms with Crippen molar-refractivity contribution in [1.82, 2.24) is 9.13 Å². The van der Waals surface area contributed by atoms with Crippen molar-refractivity contribution >= 4 is 33.5 Å². The summed E-state index contributed by atoms with van der Waals surface area (Å²) in [6.07, 6.45) is 0. The molecule has 2 aromatic carbocycles. The number of anilines is 1. The second-order valence-corrected chi connectivity index (χ2v) is 7.07. The molecule has 4 heteroatoms. The van der Waals surface area contributed by atoms with E-state index in [4.69, 9.17) is 0 Å². The molecular weight excluding hydrogens is 322 g/mol. The van der Waals surface area contributed by atoms with E-state index in [0.29, 0.717) is 5.69 Å². The van der Waals surface area contributed by atoms with E-state index >= 15 is 0 Å². The minimum Gasteiger partial charge on any atom is -0.342 e. The highest BCUT2D eigenvalue weighted by Gasteiger charge is 2.22. The summed E-state index contributed by atoms with van der Waals surface area (Å²) in [5, 5.41) is 4.25. The first kappa shape index (κ1) is 16.5. The predicted octanol–water partition coefficient (Wildman–Crippen LogP) is 5.27. The molecule has 0 aliphatic heterocycles. The van der Waals surface area contributed by atoms with Crippen molar-refractivity contribution in [2.75, 3.05) is 5.32 Å². The van der Waals surface area contributed by atoms with Crippen LogP contribution in [0.4, 0.5) is 5.69 Å². The van der Waals surface area contributed by atoms with Crippen LogP contribution in [0.25, 0.3) is 21.9 Å². The summed E-state index contributed by atoms with van der Waals surface area (Å²) >= 11 is 0. The van der Waals surface area contributed by atoms with Gasteiger partial charge in [0, 0.05) is 24.2 Å². The van der Waals surface area contributed by atoms with Gasteiger partial charge in [-0.15, -0.1) is 0 Å². The van der Waals surface area contributed by atoms with Crippen LogP contribution in [-0.4, -0.2) is 15.0 Å². The van der Waals surface area contributed by atoms with Gasteiger partial charge in [-0.25, -0.2) is 0 Å². The zero-order valence-corrected chi connectivity index (χ0v) is 15.6. The third-order valence-corrected chi connectivity index (χ3v) is 5.04. The molecule has 0 unspecified atom stereocenters. The molecule has 0 fully saturated rings. The minimum atomic E-state index is -0.0757. The van der Waals surface area contributed by atoms with E-state index in [1.165, 1.54) is 10.9 Å². The van der Waals surface area contributed by atoms with E-state index in [-0.39, 0.29) is 11.9 Å². The Morgan fingerprint density at radius 3 is 2.42 bits per heavy atom. The average molecular weight is 345 g/mol. The lowest BCUT2D eigenvalue weighted by Gasteiger charge is -2.15. The number of nitrogens with zero attached hydrogens (tertiary/aromatic N) is 2. The number of carbonyl (C=O) groups is 1. The Balaban J connectivity index is 1.90. The molecule has 132 valence electrons. The van der Waals surface area contributed by atoms with Crippen molar-refractivity contribution < 1.29 is 4.79 Å². The molecule has 0 bridgehead atoms. The molecule has 2 heterocycles. The van der Waals surface area contributed by atoms with Crippen LogP contribution < -0.4 is 5.32 Å². The van der Waals surface area contributed by atoms with Gasteiger partial charge < -0.3 is 14.5 Å². The normalized spacial score (nSPS) is 11.6. The van der Waals surface area contributed by atoms with Gasteiger partial charge in [-0.1, -0.05) is 36.4 Å². The molecule has 4 rings (SSSR count). The van der Waals surface area contributed by atoms with Crippen molar-refractivity contribution in [3.8, 4) is 0 Å². The Kier molecular flexibility index (Phi) is 3.83. The molecular formula is C22H23N3O. The first-order valence-electron chi connectivity index (χ1n) is 8.94. The molecule has 0 atom stereocenters. The topological polar surface area (TPSA) is 39.0 Å². The summed E-state index contributed by atoms with van der Waals surface area (Å²) in [6, 6.07) is 18.4. The molecule has 1 N–H and O–H groups in total. The third kappa shape index (κ3) is 2.41. The van der Waals surface area contributed by atoms with Crippen LogP contribution >= 0.6 is 0 Å². The van der Waals surface area contributed by atoms with E-state index in [9.17, 15) is 4.79 Å². The number of aromatic nitrogens is 2. The molecule has 0 radical (unpaired) electrons. The van der Waals surface area contributed by atoms with Gasteiger partial charge in [0.15, 0.2) is 0 Å². The van der Waals surface area contributed by atoms with Gasteiger partial charge in [0.05, 0.1) is 16.6 Å². The maximum atomic E-state index is 13.1. The summed E-state index contributed by atoms with van der Waals surface area (Å²) in [7, 11) is 2.05. The molecule has 26 heavy (non-hydrogen) atoms. The largest absolute Gasteiger partial charge is 0.342 e. The summed E-state index contributed by atoms with van der Waals surface area (Å²) < 4.78 is 4.30. The molecule has 0 saturated carbocycles. The van der Waals surface area contributed by atoms with Gasteiger partial charge in [-0.3, -0.25) is 4.79 Å². The van der Waals surface area contributed by atoms with Crippen LogP contribution in [0, 0.1) is 6.92 Å². The van der Waals surface area contributed by atoms with Gasteiger partial charge in [0.25, 0.3) is 5.91 Å². The summed E-state index contributed by atoms with van der Waals surface area (Å²) in [5.74, 6) is -0.0757. The Labute approximate surface area is 153 Å². The first-order chi connectivity index (χ1) is 12.5. The van der Waals surface area contributed by atoms with Gasteiger partial charge in [0.2, 0.25) is 0 Å². The van der Waals surface area contributed by atoms with Gasteiger partial charge in [-0.2, -0.15) is 0 Å². The standard InChI is InChI=1S/C22H23N3O/c1-14(2)25-20(22(26)23-17-11-7-5-9-15(17)3)13-19-21(25)16-10-6-8-12-18(16)24(19)4/h5-14H,1-4H3,(H,23,26). The van der Waals surface area contributed by atoms with Crippen molar-refractivity contribution in [1.29, 1.82) is 0 Å². The maximum Gasteiger partial charge on any atom is 0.272 e. The molecule has 0 aliphatic carbocycles. The van der Waals surface area contributed by atoms with Crippen molar-refractivity contribution in [2.45, 2.75) is 26.8 Å². The Hall–Kier alpha value is -3.01. The number of hydrogen-bond donors (Lipinski definition) is 1. The lowest BCUT2D eigenvalue weighted by Crippen LogP contribution is -2.18. The number of hydrogen-bond acceptors (Lipinski definition) is 1. The molecule has 1 amide bonds. The zero-order chi connectivity index (χ0) is 18.4. The molecule has 4 aromatic rings. The van der Waals surface area contributed by atoms with Gasteiger partial charge in [-0.05, 0) is 44.5 Å². The van der Waals surface area contributed by atoms with E-state index in [1.807, 2.05) is 49.4 Å². The van der Waals surface area contributed by atoms with E-state index in [2.05, 4.69) is 47.5 Å². The third-order valence-electron chi connectivity index (χ3n) is 5.04. The monoisotopic (exact) mass is 345 g/mol. The van der Waals surface area contributed by atoms with Crippen molar-refractivity contribution in [2.24, 2.45) is 7.05 Å². The molecule has 4 nitrogen and oxygen atoms in total. The fourth-order valence-electron chi connectivity index (χ4n) is 3.74. The predicted molar refractivity (Wildman–Crippen MR) is 108 cm³/mol. The quantitative estimate of drug-likeness (QED) is 0.539. The number of benzene rings is 2. The average Bonchev–Trinajstić information content (AvgIpc) is 3.14. The summed E-state index contributed by atoms with van der Waals surface area (Å²) in [5.41, 5.74) is 5.97. The summed E-state index contributed by atoms with van der Waals surface area (Å²) in [4.78, 5) is 13.1. The lowest BCUT2D eigenvalue weighted by atomic mass is 10.2. The smallest absolute Gasteiger partial charge is 0.272 e. The fourth-order valence-corrected chi connectivity index (χ4v) is 3.74. The molecule has 2 aromatic heterocycles. The number of fused-ring (bicyclic) bond motifs is 3. The Morgan fingerprint density at radius 2 is 1.69 bits per heavy atom. The van der Waals surface area contributed by atoms with Gasteiger partial charge >= 0.3 is 0 Å². The van der Waals surface area contributed by atoms with Crippen molar-refractivity contribution in [3.05, 3.63) is 65.9 Å². The number of rotatable bonds is 3. The summed E-state index contributed by atoms with van der Waals surface area (Å²) in [6.45, 7) is 6.23. The van der Waals surface area contributed by atoms with Gasteiger partial charge in [0.1, 0.15) is 5.69 Å². The number of amides is 1. The van der Waals surface area contributed by atoms with Crippen LogP contribution in [0.3, 0.4) is 0 Å². The maximum absolute atomic E-state index is 13.1. The second kappa shape index (κ2) is 6.06. The molecule has 0 spiro atoms. The second-order valence-electron chi connectivity index (χ2n) is 7.07. The highest BCUT2D eigenvalue weighted by atomic mass is 16.2. The molecule has 0 aliphatic rings. The Bertz CT molecular complexity index is 1130. The van der Waals surface area contributed by atoms with Crippen LogP contribution in [0.5, 0.6) is 0 Å². The zero-order valence-electron chi connectivity index (χ0n) is 15.6.